The van der Waals surface area contributed by atoms with Crippen LogP contribution in [-0.4, -0.2) is 4.98 Å². The van der Waals surface area contributed by atoms with Crippen molar-refractivity contribution < 1.29 is 4.39 Å². The molecule has 1 unspecified atom stereocenters. The summed E-state index contributed by atoms with van der Waals surface area (Å²) in [4.78, 5) is 5.14. The molecular formula is C12H12ClFN2S. The molecule has 0 aliphatic rings. The molecule has 2 rings (SSSR count). The lowest BCUT2D eigenvalue weighted by Gasteiger charge is -2.10. The van der Waals surface area contributed by atoms with Crippen molar-refractivity contribution in [3.63, 3.8) is 0 Å². The Labute approximate surface area is 108 Å². The van der Waals surface area contributed by atoms with Gasteiger partial charge in [-0.25, -0.2) is 9.37 Å². The van der Waals surface area contributed by atoms with Gasteiger partial charge >= 0.3 is 0 Å². The molecule has 2 aromatic rings. The lowest BCUT2D eigenvalue weighted by Crippen LogP contribution is -2.12. The molecule has 0 saturated heterocycles. The molecule has 1 atom stereocenters. The zero-order valence-corrected chi connectivity index (χ0v) is 10.9. The summed E-state index contributed by atoms with van der Waals surface area (Å²) in [5, 5.41) is 1.52. The summed E-state index contributed by atoms with van der Waals surface area (Å²) < 4.78 is 13.1. The maximum Gasteiger partial charge on any atom is 0.123 e. The second-order valence-electron chi connectivity index (χ2n) is 3.83. The van der Waals surface area contributed by atoms with Crippen molar-refractivity contribution in [3.05, 3.63) is 50.7 Å². The summed E-state index contributed by atoms with van der Waals surface area (Å²) in [5.41, 5.74) is 6.78. The molecule has 1 heterocycles. The SMILES string of the molecule is Cc1ncc(C(N)Cc2cc(F)ccc2Cl)s1. The van der Waals surface area contributed by atoms with E-state index in [1.165, 1.54) is 12.1 Å². The van der Waals surface area contributed by atoms with Gasteiger partial charge in [0.25, 0.3) is 0 Å². The third-order valence-electron chi connectivity index (χ3n) is 2.45. The molecule has 0 amide bonds. The number of halogens is 2. The van der Waals surface area contributed by atoms with E-state index in [4.69, 9.17) is 17.3 Å². The highest BCUT2D eigenvalue weighted by atomic mass is 35.5. The van der Waals surface area contributed by atoms with Crippen LogP contribution in [0, 0.1) is 12.7 Å². The molecule has 5 heteroatoms. The van der Waals surface area contributed by atoms with Crippen molar-refractivity contribution in [3.8, 4) is 0 Å². The van der Waals surface area contributed by atoms with Crippen molar-refractivity contribution in [1.29, 1.82) is 0 Å². The van der Waals surface area contributed by atoms with Crippen LogP contribution in [0.1, 0.15) is 21.5 Å². The summed E-state index contributed by atoms with van der Waals surface area (Å²) >= 11 is 7.55. The smallest absolute Gasteiger partial charge is 0.123 e. The number of benzene rings is 1. The summed E-state index contributed by atoms with van der Waals surface area (Å²) in [6.45, 7) is 1.93. The largest absolute Gasteiger partial charge is 0.323 e. The molecule has 90 valence electrons. The Morgan fingerprint density at radius 3 is 2.94 bits per heavy atom. The topological polar surface area (TPSA) is 38.9 Å². The van der Waals surface area contributed by atoms with Crippen LogP contribution in [-0.2, 0) is 6.42 Å². The second kappa shape index (κ2) is 5.12. The molecule has 0 radical (unpaired) electrons. The minimum atomic E-state index is -0.294. The number of nitrogens with two attached hydrogens (primary N) is 1. The van der Waals surface area contributed by atoms with Gasteiger partial charge in [-0.15, -0.1) is 11.3 Å². The van der Waals surface area contributed by atoms with E-state index in [1.54, 1.807) is 23.6 Å². The summed E-state index contributed by atoms with van der Waals surface area (Å²) in [7, 11) is 0. The number of nitrogens with zero attached hydrogens (tertiary/aromatic N) is 1. The van der Waals surface area contributed by atoms with Gasteiger partial charge < -0.3 is 5.73 Å². The molecule has 1 aromatic heterocycles. The van der Waals surface area contributed by atoms with Crippen LogP contribution in [0.4, 0.5) is 4.39 Å². The first-order valence-corrected chi connectivity index (χ1v) is 6.37. The van der Waals surface area contributed by atoms with Gasteiger partial charge in [-0.3, -0.25) is 0 Å². The van der Waals surface area contributed by atoms with Crippen LogP contribution in [0.2, 0.25) is 5.02 Å². The van der Waals surface area contributed by atoms with E-state index in [0.29, 0.717) is 11.4 Å². The predicted molar refractivity (Wildman–Crippen MR) is 68.9 cm³/mol. The highest BCUT2D eigenvalue weighted by Crippen LogP contribution is 2.25. The van der Waals surface area contributed by atoms with E-state index in [9.17, 15) is 4.39 Å². The molecule has 0 fully saturated rings. The number of hydrogen-bond donors (Lipinski definition) is 1. The Morgan fingerprint density at radius 2 is 2.29 bits per heavy atom. The first-order valence-electron chi connectivity index (χ1n) is 5.18. The zero-order valence-electron chi connectivity index (χ0n) is 9.28. The van der Waals surface area contributed by atoms with Gasteiger partial charge in [-0.05, 0) is 37.1 Å². The third-order valence-corrected chi connectivity index (χ3v) is 3.87. The molecule has 0 bridgehead atoms. The van der Waals surface area contributed by atoms with Gasteiger partial charge in [0, 0.05) is 22.1 Å². The van der Waals surface area contributed by atoms with Crippen LogP contribution < -0.4 is 5.73 Å². The Balaban J connectivity index is 2.18. The standard InChI is InChI=1S/C12H12ClFN2S/c1-7-16-6-12(17-7)11(15)5-8-4-9(14)2-3-10(8)13/h2-4,6,11H,5,15H2,1H3. The van der Waals surface area contributed by atoms with Crippen LogP contribution in [0.15, 0.2) is 24.4 Å². The van der Waals surface area contributed by atoms with Crippen LogP contribution in [0.25, 0.3) is 0 Å². The lowest BCUT2D eigenvalue weighted by atomic mass is 10.1. The van der Waals surface area contributed by atoms with Crippen molar-refractivity contribution in [2.24, 2.45) is 5.73 Å². The Kier molecular flexibility index (Phi) is 3.76. The average Bonchev–Trinajstić information content (AvgIpc) is 2.70. The minimum Gasteiger partial charge on any atom is -0.323 e. The number of aromatic nitrogens is 1. The normalized spacial score (nSPS) is 12.7. The lowest BCUT2D eigenvalue weighted by molar-refractivity contribution is 0.622. The number of aryl methyl sites for hydroxylation is 1. The van der Waals surface area contributed by atoms with Gasteiger partial charge in [0.15, 0.2) is 0 Å². The monoisotopic (exact) mass is 270 g/mol. The molecule has 0 spiro atoms. The fourth-order valence-electron chi connectivity index (χ4n) is 1.59. The van der Waals surface area contributed by atoms with E-state index in [2.05, 4.69) is 4.98 Å². The van der Waals surface area contributed by atoms with E-state index >= 15 is 0 Å². The van der Waals surface area contributed by atoms with Crippen molar-refractivity contribution in [2.75, 3.05) is 0 Å². The highest BCUT2D eigenvalue weighted by molar-refractivity contribution is 7.11. The molecule has 2 nitrogen and oxygen atoms in total. The van der Waals surface area contributed by atoms with Crippen LogP contribution >= 0.6 is 22.9 Å². The van der Waals surface area contributed by atoms with E-state index in [-0.39, 0.29) is 11.9 Å². The molecular weight excluding hydrogens is 259 g/mol. The van der Waals surface area contributed by atoms with Crippen LogP contribution in [0.3, 0.4) is 0 Å². The van der Waals surface area contributed by atoms with Gasteiger partial charge in [-0.2, -0.15) is 0 Å². The molecule has 0 saturated carbocycles. The number of rotatable bonds is 3. The molecule has 0 aliphatic heterocycles. The molecule has 2 N–H and O–H groups in total. The fraction of sp³-hybridized carbons (Fsp3) is 0.250. The maximum atomic E-state index is 13.1. The fourth-order valence-corrected chi connectivity index (χ4v) is 2.57. The number of thiazole rings is 1. The molecule has 0 aliphatic carbocycles. The quantitative estimate of drug-likeness (QED) is 0.927. The second-order valence-corrected chi connectivity index (χ2v) is 5.50. The Bertz CT molecular complexity index is 527. The Morgan fingerprint density at radius 1 is 1.53 bits per heavy atom. The minimum absolute atomic E-state index is 0.194. The summed E-state index contributed by atoms with van der Waals surface area (Å²) in [6.07, 6.45) is 2.27. The highest BCUT2D eigenvalue weighted by Gasteiger charge is 2.12. The predicted octanol–water partition coefficient (Wildman–Crippen LogP) is 3.49. The third kappa shape index (κ3) is 3.03. The first-order chi connectivity index (χ1) is 8.06. The van der Waals surface area contributed by atoms with E-state index in [0.717, 1.165) is 15.4 Å². The van der Waals surface area contributed by atoms with Crippen LogP contribution in [0.5, 0.6) is 0 Å². The first kappa shape index (κ1) is 12.5. The van der Waals surface area contributed by atoms with Gasteiger partial charge in [0.1, 0.15) is 5.82 Å². The number of hydrogen-bond acceptors (Lipinski definition) is 3. The van der Waals surface area contributed by atoms with Crippen molar-refractivity contribution in [2.45, 2.75) is 19.4 Å². The van der Waals surface area contributed by atoms with E-state index in [1.807, 2.05) is 6.92 Å². The van der Waals surface area contributed by atoms with Gasteiger partial charge in [-0.1, -0.05) is 11.6 Å². The van der Waals surface area contributed by atoms with Crippen molar-refractivity contribution >= 4 is 22.9 Å². The zero-order chi connectivity index (χ0) is 12.4. The summed E-state index contributed by atoms with van der Waals surface area (Å²) in [6, 6.07) is 4.13. The van der Waals surface area contributed by atoms with Crippen molar-refractivity contribution in [1.82, 2.24) is 4.98 Å². The Hall–Kier alpha value is -0.970. The average molecular weight is 271 g/mol. The summed E-state index contributed by atoms with van der Waals surface area (Å²) in [5.74, 6) is -0.294. The molecule has 1 aromatic carbocycles. The van der Waals surface area contributed by atoms with E-state index < -0.39 is 0 Å². The van der Waals surface area contributed by atoms with Gasteiger partial charge in [0.05, 0.1) is 5.01 Å². The maximum absolute atomic E-state index is 13.1. The molecule has 17 heavy (non-hydrogen) atoms. The van der Waals surface area contributed by atoms with Gasteiger partial charge in [0.2, 0.25) is 0 Å².